The smallest absolute Gasteiger partial charge is 0.238 e. The fourth-order valence-electron chi connectivity index (χ4n) is 9.67. The average molecular weight is 842 g/mol. The van der Waals surface area contributed by atoms with E-state index in [-0.39, 0.29) is 10.8 Å². The molecule has 6 heteroatoms. The van der Waals surface area contributed by atoms with E-state index in [9.17, 15) is 0 Å². The second-order valence-electron chi connectivity index (χ2n) is 19.4. The summed E-state index contributed by atoms with van der Waals surface area (Å²) in [5.74, 6) is 1.74. The van der Waals surface area contributed by atoms with Crippen LogP contribution in [0.3, 0.4) is 0 Å². The van der Waals surface area contributed by atoms with Gasteiger partial charge < -0.3 is 8.98 Å². The van der Waals surface area contributed by atoms with E-state index in [1.165, 1.54) is 38.6 Å². The summed E-state index contributed by atoms with van der Waals surface area (Å²) in [6.45, 7) is 13.8. The lowest BCUT2D eigenvalue weighted by Gasteiger charge is -2.26. The summed E-state index contributed by atoms with van der Waals surface area (Å²) >= 11 is 0. The molecule has 0 spiro atoms. The van der Waals surface area contributed by atoms with Crippen molar-refractivity contribution in [2.24, 2.45) is 0 Å². The summed E-state index contributed by atoms with van der Waals surface area (Å²) < 4.78 is 11.0. The van der Waals surface area contributed by atoms with Gasteiger partial charge in [-0.05, 0) is 93.7 Å². The number of furan rings is 1. The number of nitrogens with zero attached hydrogens (tertiary/aromatic N) is 5. The van der Waals surface area contributed by atoms with Crippen molar-refractivity contribution in [3.05, 3.63) is 187 Å². The Kier molecular flexibility index (Phi) is 8.57. The van der Waals surface area contributed by atoms with Gasteiger partial charge in [-0.2, -0.15) is 9.97 Å². The number of rotatable bonds is 5. The lowest BCUT2D eigenvalue weighted by atomic mass is 9.80. The van der Waals surface area contributed by atoms with E-state index in [0.29, 0.717) is 17.6 Å². The number of para-hydroxylation sites is 3. The molecule has 0 radical (unpaired) electrons. The summed E-state index contributed by atoms with van der Waals surface area (Å²) in [5, 5.41) is 6.73. The van der Waals surface area contributed by atoms with Crippen molar-refractivity contribution >= 4 is 65.6 Å². The Hall–Kier alpha value is -7.83. The molecule has 0 saturated heterocycles. The van der Waals surface area contributed by atoms with Crippen LogP contribution in [0.25, 0.3) is 111 Å². The number of aromatic nitrogens is 5. The van der Waals surface area contributed by atoms with Crippen molar-refractivity contribution in [3.8, 4) is 45.5 Å². The number of benzene rings is 8. The number of fused-ring (bicyclic) bond motifs is 9. The van der Waals surface area contributed by atoms with E-state index in [1.54, 1.807) is 0 Å². The Morgan fingerprint density at radius 1 is 0.385 bits per heavy atom. The molecule has 4 heterocycles. The van der Waals surface area contributed by atoms with Crippen molar-refractivity contribution in [3.63, 3.8) is 0 Å². The maximum Gasteiger partial charge on any atom is 0.238 e. The van der Waals surface area contributed by atoms with Gasteiger partial charge in [-0.25, -0.2) is 4.98 Å². The van der Waals surface area contributed by atoms with Gasteiger partial charge in [0.2, 0.25) is 5.95 Å². The molecule has 6 nitrogen and oxygen atoms in total. The Labute approximate surface area is 377 Å². The minimum Gasteiger partial charge on any atom is -0.456 e. The summed E-state index contributed by atoms with van der Waals surface area (Å²) in [6.07, 6.45) is 0. The van der Waals surface area contributed by atoms with Crippen LogP contribution < -0.4 is 0 Å². The van der Waals surface area contributed by atoms with Gasteiger partial charge in [0.25, 0.3) is 0 Å². The largest absolute Gasteiger partial charge is 0.456 e. The first-order valence-electron chi connectivity index (χ1n) is 22.4. The molecular weight excluding hydrogens is 795 g/mol. The molecule has 0 unspecified atom stereocenters. The summed E-state index contributed by atoms with van der Waals surface area (Å²) in [4.78, 5) is 15.7. The Morgan fingerprint density at radius 2 is 0.908 bits per heavy atom. The van der Waals surface area contributed by atoms with Gasteiger partial charge in [0, 0.05) is 49.1 Å². The minimum absolute atomic E-state index is 0.00392. The van der Waals surface area contributed by atoms with E-state index >= 15 is 0 Å². The van der Waals surface area contributed by atoms with Crippen LogP contribution in [0.2, 0.25) is 0 Å². The zero-order valence-corrected chi connectivity index (χ0v) is 37.4. The van der Waals surface area contributed by atoms with Crippen LogP contribution in [0.5, 0.6) is 0 Å². The van der Waals surface area contributed by atoms with Crippen molar-refractivity contribution in [2.75, 3.05) is 0 Å². The molecular formula is C59H47N5O. The second-order valence-corrected chi connectivity index (χ2v) is 19.4. The van der Waals surface area contributed by atoms with E-state index in [0.717, 1.165) is 66.0 Å². The van der Waals surface area contributed by atoms with Crippen LogP contribution in [0.15, 0.2) is 180 Å². The first kappa shape index (κ1) is 38.8. The highest BCUT2D eigenvalue weighted by Crippen LogP contribution is 2.41. The Morgan fingerprint density at radius 3 is 1.55 bits per heavy atom. The molecule has 4 aromatic heterocycles. The molecule has 0 aliphatic heterocycles. The van der Waals surface area contributed by atoms with Gasteiger partial charge in [-0.15, -0.1) is 0 Å². The predicted octanol–water partition coefficient (Wildman–Crippen LogP) is 15.6. The SMILES string of the molecule is CC(C)(C)c1cc(-n2c3ccccc3c3cc(-c4ccc5c(c4)c4ccccc4n5-c4nc(-c5ccccc5)nc(-c5cccc6oc7ccccc7c56)n4)ccc32)cc(C(C)(C)C)c1. The molecule has 0 aliphatic carbocycles. The van der Waals surface area contributed by atoms with Crippen molar-refractivity contribution in [1.82, 2.24) is 24.1 Å². The summed E-state index contributed by atoms with van der Waals surface area (Å²) in [6, 6.07) is 62.7. The Balaban J connectivity index is 1.04. The van der Waals surface area contributed by atoms with Crippen molar-refractivity contribution < 1.29 is 4.42 Å². The van der Waals surface area contributed by atoms with Gasteiger partial charge in [0.05, 0.1) is 22.1 Å². The fraction of sp³-hybridized carbons (Fsp3) is 0.136. The van der Waals surface area contributed by atoms with E-state index in [1.807, 2.05) is 48.5 Å². The zero-order valence-electron chi connectivity index (χ0n) is 37.4. The van der Waals surface area contributed by atoms with Gasteiger partial charge in [0.1, 0.15) is 11.2 Å². The molecule has 0 fully saturated rings. The van der Waals surface area contributed by atoms with Crippen molar-refractivity contribution in [2.45, 2.75) is 52.4 Å². The third kappa shape index (κ3) is 6.35. The Bertz CT molecular complexity index is 3820. The molecule has 0 saturated carbocycles. The second kappa shape index (κ2) is 14.3. The number of hydrogen-bond acceptors (Lipinski definition) is 4. The van der Waals surface area contributed by atoms with Crippen LogP contribution in [0.1, 0.15) is 52.7 Å². The van der Waals surface area contributed by atoms with E-state index < -0.39 is 0 Å². The van der Waals surface area contributed by atoms with Crippen LogP contribution in [0.4, 0.5) is 0 Å². The van der Waals surface area contributed by atoms with Crippen LogP contribution in [-0.4, -0.2) is 24.1 Å². The first-order valence-corrected chi connectivity index (χ1v) is 22.4. The molecule has 12 aromatic rings. The predicted molar refractivity (Wildman–Crippen MR) is 269 cm³/mol. The molecule has 0 amide bonds. The molecule has 314 valence electrons. The van der Waals surface area contributed by atoms with Crippen molar-refractivity contribution in [1.29, 1.82) is 0 Å². The first-order chi connectivity index (χ1) is 31.5. The molecule has 0 atom stereocenters. The van der Waals surface area contributed by atoms with Gasteiger partial charge in [-0.3, -0.25) is 4.57 Å². The highest BCUT2D eigenvalue weighted by atomic mass is 16.3. The lowest BCUT2D eigenvalue weighted by Crippen LogP contribution is -2.17. The highest BCUT2D eigenvalue weighted by molar-refractivity contribution is 6.14. The van der Waals surface area contributed by atoms with Crippen LogP contribution in [-0.2, 0) is 10.8 Å². The molecule has 8 aromatic carbocycles. The summed E-state index contributed by atoms with van der Waals surface area (Å²) in [5.41, 5.74) is 14.0. The maximum absolute atomic E-state index is 6.31. The topological polar surface area (TPSA) is 61.7 Å². The highest BCUT2D eigenvalue weighted by Gasteiger charge is 2.24. The van der Waals surface area contributed by atoms with Gasteiger partial charge >= 0.3 is 0 Å². The standard InChI is InChI=1S/C59H47N5O/c1-58(2,3)39-33-40(59(4,5)6)35-41(34-39)63-48-23-13-10-19-42(48)46-31-37(27-29-50(46)63)38-28-30-51-47(32-38)43-20-11-14-24-49(43)64(51)57-61-55(36-17-8-7-9-18-36)60-56(62-57)45-22-16-26-53-54(45)44-21-12-15-25-52(44)65-53/h7-35H,1-6H3. The lowest BCUT2D eigenvalue weighted by molar-refractivity contribution is 0.568. The van der Waals surface area contributed by atoms with Gasteiger partial charge in [0.15, 0.2) is 11.6 Å². The maximum atomic E-state index is 6.31. The fourth-order valence-corrected chi connectivity index (χ4v) is 9.67. The zero-order chi connectivity index (χ0) is 44.2. The van der Waals surface area contributed by atoms with E-state index in [4.69, 9.17) is 19.4 Å². The third-order valence-corrected chi connectivity index (χ3v) is 13.1. The molecule has 65 heavy (non-hydrogen) atoms. The van der Waals surface area contributed by atoms with Gasteiger partial charge in [-0.1, -0.05) is 157 Å². The minimum atomic E-state index is 0.00392. The quantitative estimate of drug-likeness (QED) is 0.173. The third-order valence-electron chi connectivity index (χ3n) is 13.1. The molecule has 0 aliphatic rings. The van der Waals surface area contributed by atoms with Crippen LogP contribution in [0, 0.1) is 0 Å². The normalized spacial score (nSPS) is 12.5. The molecule has 12 rings (SSSR count). The molecule has 0 N–H and O–H groups in total. The summed E-state index contributed by atoms with van der Waals surface area (Å²) in [7, 11) is 0. The molecule has 0 bridgehead atoms. The average Bonchev–Trinajstić information content (AvgIpc) is 3.98. The van der Waals surface area contributed by atoms with E-state index in [2.05, 4.69) is 178 Å². The van der Waals surface area contributed by atoms with Crippen LogP contribution >= 0.6 is 0 Å². The number of hydrogen-bond donors (Lipinski definition) is 0. The monoisotopic (exact) mass is 841 g/mol.